The molecular weight excluding hydrogens is 393 g/mol. The zero-order valence-electron chi connectivity index (χ0n) is 15.8. The highest BCUT2D eigenvalue weighted by atomic mass is 19.4. The summed E-state index contributed by atoms with van der Waals surface area (Å²) in [5.74, 6) is -0.248. The Morgan fingerprint density at radius 3 is 2.33 bits per heavy atom. The lowest BCUT2D eigenvalue weighted by Crippen LogP contribution is -2.30. The molecule has 8 heteroatoms. The van der Waals surface area contributed by atoms with Gasteiger partial charge in [0.1, 0.15) is 0 Å². The molecule has 2 aromatic carbocycles. The summed E-state index contributed by atoms with van der Waals surface area (Å²) < 4.78 is 39.3. The quantitative estimate of drug-likeness (QED) is 0.559. The first-order chi connectivity index (χ1) is 14.3. The third-order valence-corrected chi connectivity index (χ3v) is 4.35. The van der Waals surface area contributed by atoms with Gasteiger partial charge in [0, 0.05) is 24.8 Å². The van der Waals surface area contributed by atoms with Gasteiger partial charge in [-0.1, -0.05) is 18.2 Å². The second-order valence-corrected chi connectivity index (χ2v) is 6.47. The molecule has 1 aromatic heterocycles. The Morgan fingerprint density at radius 2 is 1.80 bits per heavy atom. The first-order valence-electron chi connectivity index (χ1n) is 8.94. The topological polar surface area (TPSA) is 61.9 Å². The Balaban J connectivity index is 1.77. The first-order valence-corrected chi connectivity index (χ1v) is 8.94. The van der Waals surface area contributed by atoms with Crippen LogP contribution < -0.4 is 0 Å². The number of rotatable bonds is 6. The standard InChI is InChI=1S/C22H17F3N4O/c1-2-12-28(15-17-5-3-16(14-26)4-6-17)21(30)18-7-9-19(10-8-18)29-13-11-20(27-29)22(23,24)25/h2-11,13H,1,12,15H2. The van der Waals surface area contributed by atoms with Crippen LogP contribution in [0.3, 0.4) is 0 Å². The SMILES string of the molecule is C=CCN(Cc1ccc(C#N)cc1)C(=O)c1ccc(-n2ccc(C(F)(F)F)n2)cc1. The van der Waals surface area contributed by atoms with Crippen molar-refractivity contribution in [3.63, 3.8) is 0 Å². The van der Waals surface area contributed by atoms with Gasteiger partial charge in [0.05, 0.1) is 17.3 Å². The largest absolute Gasteiger partial charge is 0.435 e. The van der Waals surface area contributed by atoms with E-state index in [-0.39, 0.29) is 5.91 Å². The Morgan fingerprint density at radius 1 is 1.13 bits per heavy atom. The van der Waals surface area contributed by atoms with Gasteiger partial charge < -0.3 is 4.90 Å². The van der Waals surface area contributed by atoms with E-state index in [9.17, 15) is 18.0 Å². The Kier molecular flexibility index (Phi) is 6.02. The van der Waals surface area contributed by atoms with Gasteiger partial charge in [-0.25, -0.2) is 4.68 Å². The number of nitriles is 1. The number of aromatic nitrogens is 2. The minimum Gasteiger partial charge on any atom is -0.331 e. The lowest BCUT2D eigenvalue weighted by molar-refractivity contribution is -0.141. The molecule has 0 N–H and O–H groups in total. The molecule has 152 valence electrons. The maximum absolute atomic E-state index is 12.9. The molecule has 0 radical (unpaired) electrons. The fraction of sp³-hybridized carbons (Fsp3) is 0.136. The number of carbonyl (C=O) groups excluding carboxylic acids is 1. The minimum atomic E-state index is -4.52. The predicted octanol–water partition coefficient (Wildman–Crippen LogP) is 4.59. The molecule has 3 aromatic rings. The molecule has 0 aliphatic heterocycles. The Bertz CT molecular complexity index is 1080. The van der Waals surface area contributed by atoms with Crippen LogP contribution in [0.4, 0.5) is 13.2 Å². The molecule has 30 heavy (non-hydrogen) atoms. The number of halogens is 3. The summed E-state index contributed by atoms with van der Waals surface area (Å²) in [4.78, 5) is 14.5. The van der Waals surface area contributed by atoms with Gasteiger partial charge >= 0.3 is 6.18 Å². The van der Waals surface area contributed by atoms with Crippen molar-refractivity contribution in [2.45, 2.75) is 12.7 Å². The molecule has 0 unspecified atom stereocenters. The number of carbonyl (C=O) groups is 1. The van der Waals surface area contributed by atoms with Crippen molar-refractivity contribution < 1.29 is 18.0 Å². The van der Waals surface area contributed by atoms with Gasteiger partial charge in [0.25, 0.3) is 5.91 Å². The van der Waals surface area contributed by atoms with Crippen LogP contribution in [-0.2, 0) is 12.7 Å². The molecule has 0 bridgehead atoms. The highest BCUT2D eigenvalue weighted by Gasteiger charge is 2.33. The van der Waals surface area contributed by atoms with E-state index in [1.54, 1.807) is 47.4 Å². The summed E-state index contributed by atoms with van der Waals surface area (Å²) in [5, 5.41) is 12.4. The van der Waals surface area contributed by atoms with E-state index < -0.39 is 11.9 Å². The van der Waals surface area contributed by atoms with Gasteiger partial charge in [0.15, 0.2) is 5.69 Å². The van der Waals surface area contributed by atoms with E-state index in [4.69, 9.17) is 5.26 Å². The molecule has 0 aliphatic carbocycles. The molecule has 0 atom stereocenters. The fourth-order valence-corrected chi connectivity index (χ4v) is 2.84. The van der Waals surface area contributed by atoms with E-state index >= 15 is 0 Å². The number of hydrogen-bond acceptors (Lipinski definition) is 3. The van der Waals surface area contributed by atoms with Crippen molar-refractivity contribution in [2.75, 3.05) is 6.54 Å². The maximum atomic E-state index is 12.9. The maximum Gasteiger partial charge on any atom is 0.435 e. The summed E-state index contributed by atoms with van der Waals surface area (Å²) in [6.07, 6.45) is -1.69. The van der Waals surface area contributed by atoms with E-state index in [0.717, 1.165) is 16.3 Å². The van der Waals surface area contributed by atoms with Crippen molar-refractivity contribution in [1.29, 1.82) is 5.26 Å². The normalized spacial score (nSPS) is 11.0. The summed E-state index contributed by atoms with van der Waals surface area (Å²) in [7, 11) is 0. The molecular formula is C22H17F3N4O. The highest BCUT2D eigenvalue weighted by molar-refractivity contribution is 5.94. The van der Waals surface area contributed by atoms with Gasteiger partial charge in [-0.3, -0.25) is 4.79 Å². The molecule has 0 spiro atoms. The minimum absolute atomic E-state index is 0.248. The zero-order valence-corrected chi connectivity index (χ0v) is 15.8. The summed E-state index contributed by atoms with van der Waals surface area (Å²) >= 11 is 0. The predicted molar refractivity (Wildman–Crippen MR) is 105 cm³/mol. The lowest BCUT2D eigenvalue weighted by Gasteiger charge is -2.21. The lowest BCUT2D eigenvalue weighted by atomic mass is 10.1. The number of amides is 1. The first kappa shape index (κ1) is 20.9. The summed E-state index contributed by atoms with van der Waals surface area (Å²) in [5.41, 5.74) is 1.20. The van der Waals surface area contributed by atoms with Crippen LogP contribution in [0.2, 0.25) is 0 Å². The second kappa shape index (κ2) is 8.66. The van der Waals surface area contributed by atoms with E-state index in [1.165, 1.54) is 18.3 Å². The molecule has 1 heterocycles. The highest BCUT2D eigenvalue weighted by Crippen LogP contribution is 2.28. The van der Waals surface area contributed by atoms with Crippen molar-refractivity contribution in [3.8, 4) is 11.8 Å². The molecule has 0 fully saturated rings. The monoisotopic (exact) mass is 410 g/mol. The summed E-state index contributed by atoms with van der Waals surface area (Å²) in [6, 6.07) is 16.0. The number of alkyl halides is 3. The number of hydrogen-bond donors (Lipinski definition) is 0. The molecule has 5 nitrogen and oxygen atoms in total. The summed E-state index contributed by atoms with van der Waals surface area (Å²) in [6.45, 7) is 4.32. The zero-order chi connectivity index (χ0) is 21.7. The fourth-order valence-electron chi connectivity index (χ4n) is 2.84. The average molecular weight is 410 g/mol. The molecule has 0 saturated carbocycles. The Labute approximate surface area is 171 Å². The van der Waals surface area contributed by atoms with Crippen molar-refractivity contribution in [2.24, 2.45) is 0 Å². The van der Waals surface area contributed by atoms with Gasteiger partial charge in [-0.15, -0.1) is 6.58 Å². The van der Waals surface area contributed by atoms with Crippen LogP contribution in [0.5, 0.6) is 0 Å². The van der Waals surface area contributed by atoms with Gasteiger partial charge in [-0.05, 0) is 48.0 Å². The molecule has 3 rings (SSSR count). The van der Waals surface area contributed by atoms with Crippen molar-refractivity contribution in [3.05, 3.63) is 95.8 Å². The average Bonchev–Trinajstić information content (AvgIpc) is 3.24. The number of benzene rings is 2. The van der Waals surface area contributed by atoms with E-state index in [2.05, 4.69) is 11.7 Å². The Hall–Kier alpha value is -3.86. The van der Waals surface area contributed by atoms with E-state index in [1.807, 2.05) is 6.07 Å². The van der Waals surface area contributed by atoms with Crippen molar-refractivity contribution >= 4 is 5.91 Å². The van der Waals surface area contributed by atoms with Crippen LogP contribution in [0.1, 0.15) is 27.2 Å². The molecule has 0 aliphatic rings. The van der Waals surface area contributed by atoms with Crippen LogP contribution in [0.15, 0.2) is 73.4 Å². The van der Waals surface area contributed by atoms with E-state index in [0.29, 0.717) is 29.9 Å². The third-order valence-electron chi connectivity index (χ3n) is 4.35. The van der Waals surface area contributed by atoms with Crippen LogP contribution in [0, 0.1) is 11.3 Å². The third kappa shape index (κ3) is 4.75. The van der Waals surface area contributed by atoms with Gasteiger partial charge in [0.2, 0.25) is 0 Å². The van der Waals surface area contributed by atoms with Gasteiger partial charge in [-0.2, -0.15) is 23.5 Å². The van der Waals surface area contributed by atoms with Crippen LogP contribution >= 0.6 is 0 Å². The second-order valence-electron chi connectivity index (χ2n) is 6.47. The van der Waals surface area contributed by atoms with Crippen LogP contribution in [0.25, 0.3) is 5.69 Å². The molecule has 1 amide bonds. The molecule has 0 saturated heterocycles. The van der Waals surface area contributed by atoms with Crippen LogP contribution in [-0.4, -0.2) is 27.1 Å². The van der Waals surface area contributed by atoms with Crippen molar-refractivity contribution in [1.82, 2.24) is 14.7 Å². The smallest absolute Gasteiger partial charge is 0.331 e. The number of nitrogens with zero attached hydrogens (tertiary/aromatic N) is 4.